The zero-order valence-electron chi connectivity index (χ0n) is 14.1. The summed E-state index contributed by atoms with van der Waals surface area (Å²) in [4.78, 5) is 8.64. The molecule has 24 heavy (non-hydrogen) atoms. The van der Waals surface area contributed by atoms with Crippen molar-refractivity contribution in [2.24, 2.45) is 5.92 Å². The van der Waals surface area contributed by atoms with Crippen LogP contribution in [0.1, 0.15) is 26.7 Å². The molecule has 3 rings (SSSR count). The van der Waals surface area contributed by atoms with Crippen molar-refractivity contribution in [2.75, 3.05) is 24.2 Å². The van der Waals surface area contributed by atoms with E-state index in [2.05, 4.69) is 29.1 Å². The van der Waals surface area contributed by atoms with E-state index in [4.69, 9.17) is 22.1 Å². The third-order valence-electron chi connectivity index (χ3n) is 4.27. The van der Waals surface area contributed by atoms with Crippen LogP contribution in [0.2, 0.25) is 5.02 Å². The minimum absolute atomic E-state index is 0.0397. The Morgan fingerprint density at radius 3 is 3.04 bits per heavy atom. The Bertz CT molecular complexity index is 720. The third-order valence-corrected chi connectivity index (χ3v) is 4.57. The van der Waals surface area contributed by atoms with Crippen LogP contribution < -0.4 is 11.1 Å². The molecule has 2 aromatic heterocycles. The van der Waals surface area contributed by atoms with Crippen molar-refractivity contribution in [1.29, 1.82) is 0 Å². The van der Waals surface area contributed by atoms with Gasteiger partial charge in [0, 0.05) is 24.9 Å². The monoisotopic (exact) mass is 346 g/mol. The Hall–Kier alpha value is -1.85. The Balaban J connectivity index is 1.71. The van der Waals surface area contributed by atoms with Gasteiger partial charge in [-0.2, -0.15) is 0 Å². The second-order valence-electron chi connectivity index (χ2n) is 6.84. The Kier molecular flexibility index (Phi) is 4.92. The van der Waals surface area contributed by atoms with E-state index in [0.29, 0.717) is 16.8 Å². The van der Waals surface area contributed by atoms with Crippen molar-refractivity contribution in [2.45, 2.75) is 32.3 Å². The molecular weight excluding hydrogens is 324 g/mol. The number of anilines is 2. The number of halogens is 1. The van der Waals surface area contributed by atoms with Crippen LogP contribution in [-0.4, -0.2) is 28.7 Å². The van der Waals surface area contributed by atoms with Gasteiger partial charge in [-0.05, 0) is 50.8 Å². The fraction of sp³-hybridized carbons (Fsp3) is 0.444. The number of nitrogen functional groups attached to an aromatic ring is 1. The summed E-state index contributed by atoms with van der Waals surface area (Å²) in [7, 11) is 0. The Morgan fingerprint density at radius 2 is 2.25 bits per heavy atom. The first-order valence-electron chi connectivity index (χ1n) is 8.19. The molecule has 0 bridgehead atoms. The molecule has 128 valence electrons. The molecule has 6 heteroatoms. The molecule has 0 spiro atoms. The predicted octanol–water partition coefficient (Wildman–Crippen LogP) is 4.00. The quantitative estimate of drug-likeness (QED) is 0.875. The number of nitrogens with two attached hydrogens (primary N) is 1. The smallest absolute Gasteiger partial charge is 0.126 e. The van der Waals surface area contributed by atoms with E-state index in [1.807, 2.05) is 18.2 Å². The van der Waals surface area contributed by atoms with Gasteiger partial charge >= 0.3 is 0 Å². The van der Waals surface area contributed by atoms with Crippen LogP contribution in [0.4, 0.5) is 11.6 Å². The number of nitrogens with one attached hydrogen (secondary N) is 1. The molecule has 1 fully saturated rings. The minimum atomic E-state index is -0.0397. The molecule has 1 atom stereocenters. The molecule has 0 saturated carbocycles. The molecule has 1 saturated heterocycles. The molecule has 3 heterocycles. The van der Waals surface area contributed by atoms with Gasteiger partial charge in [0.25, 0.3) is 0 Å². The summed E-state index contributed by atoms with van der Waals surface area (Å²) in [5, 5.41) is 3.98. The van der Waals surface area contributed by atoms with Crippen molar-refractivity contribution in [1.82, 2.24) is 9.97 Å². The lowest BCUT2D eigenvalue weighted by Crippen LogP contribution is -2.36. The van der Waals surface area contributed by atoms with Gasteiger partial charge in [-0.15, -0.1) is 0 Å². The van der Waals surface area contributed by atoms with Crippen LogP contribution in [0.25, 0.3) is 11.3 Å². The number of pyridine rings is 2. The summed E-state index contributed by atoms with van der Waals surface area (Å²) in [6, 6.07) is 7.59. The lowest BCUT2D eigenvalue weighted by Gasteiger charge is -2.35. The summed E-state index contributed by atoms with van der Waals surface area (Å²) < 4.78 is 5.77. The van der Waals surface area contributed by atoms with Crippen LogP contribution in [0.15, 0.2) is 30.5 Å². The highest BCUT2D eigenvalue weighted by molar-refractivity contribution is 6.33. The minimum Gasteiger partial charge on any atom is -0.384 e. The second-order valence-corrected chi connectivity index (χ2v) is 7.25. The van der Waals surface area contributed by atoms with Crippen LogP contribution in [0, 0.1) is 5.92 Å². The predicted molar refractivity (Wildman–Crippen MR) is 98.1 cm³/mol. The van der Waals surface area contributed by atoms with Gasteiger partial charge in [-0.3, -0.25) is 0 Å². The first-order chi connectivity index (χ1) is 11.4. The summed E-state index contributed by atoms with van der Waals surface area (Å²) in [6.45, 7) is 6.00. The summed E-state index contributed by atoms with van der Waals surface area (Å²) in [6.07, 6.45) is 3.67. The van der Waals surface area contributed by atoms with Crippen LogP contribution in [0.3, 0.4) is 0 Å². The average molecular weight is 347 g/mol. The van der Waals surface area contributed by atoms with Crippen molar-refractivity contribution in [3.63, 3.8) is 0 Å². The Morgan fingerprint density at radius 1 is 1.42 bits per heavy atom. The van der Waals surface area contributed by atoms with Gasteiger partial charge in [-0.25, -0.2) is 9.97 Å². The molecule has 1 aliphatic rings. The molecule has 2 aromatic rings. The van der Waals surface area contributed by atoms with Gasteiger partial charge in [0.1, 0.15) is 11.6 Å². The number of aromatic nitrogens is 2. The van der Waals surface area contributed by atoms with E-state index >= 15 is 0 Å². The van der Waals surface area contributed by atoms with E-state index in [-0.39, 0.29) is 5.60 Å². The van der Waals surface area contributed by atoms with Crippen molar-refractivity contribution in [3.8, 4) is 11.3 Å². The number of ether oxygens (including phenoxy) is 1. The standard InChI is InChI=1S/C18H23ClN4O/c1-18(2)9-12(6-7-24-18)10-22-17-5-3-4-15(23-17)13-8-16(20)21-11-14(13)19/h3-5,8,11-12H,6-7,9-10H2,1-2H3,(H2,20,21)(H,22,23). The molecule has 1 unspecified atom stereocenters. The number of nitrogens with zero attached hydrogens (tertiary/aromatic N) is 2. The number of hydrogen-bond donors (Lipinski definition) is 2. The number of hydrogen-bond acceptors (Lipinski definition) is 5. The van der Waals surface area contributed by atoms with Gasteiger partial charge in [0.05, 0.1) is 16.3 Å². The highest BCUT2D eigenvalue weighted by Gasteiger charge is 2.28. The topological polar surface area (TPSA) is 73.1 Å². The van der Waals surface area contributed by atoms with E-state index in [0.717, 1.165) is 43.1 Å². The summed E-state index contributed by atoms with van der Waals surface area (Å²) >= 11 is 6.22. The van der Waals surface area contributed by atoms with Crippen molar-refractivity contribution < 1.29 is 4.74 Å². The fourth-order valence-electron chi connectivity index (χ4n) is 3.12. The molecule has 3 N–H and O–H groups in total. The van der Waals surface area contributed by atoms with Gasteiger partial charge in [0.15, 0.2) is 0 Å². The largest absolute Gasteiger partial charge is 0.384 e. The highest BCUT2D eigenvalue weighted by atomic mass is 35.5. The first-order valence-corrected chi connectivity index (χ1v) is 8.57. The zero-order chi connectivity index (χ0) is 17.2. The maximum absolute atomic E-state index is 6.22. The van der Waals surface area contributed by atoms with Gasteiger partial charge in [-0.1, -0.05) is 17.7 Å². The molecular formula is C18H23ClN4O. The average Bonchev–Trinajstić information content (AvgIpc) is 2.55. The maximum atomic E-state index is 6.22. The molecule has 1 aliphatic heterocycles. The SMILES string of the molecule is CC1(C)CC(CNc2cccc(-c3cc(N)ncc3Cl)n2)CCO1. The van der Waals surface area contributed by atoms with E-state index in [1.54, 1.807) is 12.3 Å². The maximum Gasteiger partial charge on any atom is 0.126 e. The van der Waals surface area contributed by atoms with Crippen molar-refractivity contribution in [3.05, 3.63) is 35.5 Å². The lowest BCUT2D eigenvalue weighted by atomic mass is 9.88. The normalized spacial score (nSPS) is 19.9. The highest BCUT2D eigenvalue weighted by Crippen LogP contribution is 2.30. The fourth-order valence-corrected chi connectivity index (χ4v) is 3.32. The van der Waals surface area contributed by atoms with E-state index in [1.165, 1.54) is 0 Å². The number of rotatable bonds is 4. The summed E-state index contributed by atoms with van der Waals surface area (Å²) in [5.41, 5.74) is 7.30. The van der Waals surface area contributed by atoms with Crippen molar-refractivity contribution >= 4 is 23.2 Å². The third kappa shape index (κ3) is 4.16. The van der Waals surface area contributed by atoms with Crippen LogP contribution in [-0.2, 0) is 4.74 Å². The lowest BCUT2D eigenvalue weighted by molar-refractivity contribution is -0.0699. The molecule has 0 amide bonds. The van der Waals surface area contributed by atoms with Gasteiger partial charge < -0.3 is 15.8 Å². The zero-order valence-corrected chi connectivity index (χ0v) is 14.8. The van der Waals surface area contributed by atoms with E-state index < -0.39 is 0 Å². The summed E-state index contributed by atoms with van der Waals surface area (Å²) in [5.74, 6) is 1.85. The van der Waals surface area contributed by atoms with Crippen LogP contribution in [0.5, 0.6) is 0 Å². The van der Waals surface area contributed by atoms with E-state index in [9.17, 15) is 0 Å². The Labute approximate surface area is 147 Å². The van der Waals surface area contributed by atoms with Crippen LogP contribution >= 0.6 is 11.6 Å². The molecule has 0 aromatic carbocycles. The second kappa shape index (κ2) is 6.95. The molecule has 0 radical (unpaired) electrons. The molecule has 5 nitrogen and oxygen atoms in total. The molecule has 0 aliphatic carbocycles. The van der Waals surface area contributed by atoms with Gasteiger partial charge in [0.2, 0.25) is 0 Å². The first kappa shape index (κ1) is 17.0.